The lowest BCUT2D eigenvalue weighted by molar-refractivity contribution is -0.899. The van der Waals surface area contributed by atoms with Crippen LogP contribution in [0.1, 0.15) is 76.2 Å². The maximum Gasteiger partial charge on any atom is 0.301 e. The summed E-state index contributed by atoms with van der Waals surface area (Å²) in [4.78, 5) is 0. The van der Waals surface area contributed by atoms with Gasteiger partial charge in [-0.3, -0.25) is 0 Å². The van der Waals surface area contributed by atoms with Crippen molar-refractivity contribution >= 4 is 10.8 Å². The first-order valence-electron chi connectivity index (χ1n) is 14.7. The topological polar surface area (TPSA) is 32.3 Å². The maximum atomic E-state index is 14.1. The van der Waals surface area contributed by atoms with Gasteiger partial charge in [-0.05, 0) is 83.3 Å². The smallest absolute Gasteiger partial charge is 0.301 e. The molecule has 2 aromatic rings. The second-order valence-corrected chi connectivity index (χ2v) is 13.7. The summed E-state index contributed by atoms with van der Waals surface area (Å²) in [6.45, 7) is 1.96. The van der Waals surface area contributed by atoms with Crippen LogP contribution in [0.4, 0.5) is 8.78 Å². The Morgan fingerprint density at radius 3 is 2.66 bits per heavy atom. The van der Waals surface area contributed by atoms with E-state index in [9.17, 15) is 14.0 Å². The van der Waals surface area contributed by atoms with Crippen LogP contribution >= 0.6 is 0 Å². The molecule has 6 aliphatic rings. The van der Waals surface area contributed by atoms with Crippen molar-refractivity contribution in [3.8, 4) is 0 Å². The monoisotopic (exact) mass is 517 g/mol. The minimum absolute atomic E-state index is 0.0389. The average Bonchev–Trinajstić information content (AvgIpc) is 3.52. The van der Waals surface area contributed by atoms with E-state index in [4.69, 9.17) is 4.74 Å². The number of ether oxygens (including phenoxy) is 1. The molecule has 3 nitrogen and oxygen atoms in total. The van der Waals surface area contributed by atoms with E-state index in [0.717, 1.165) is 38.5 Å². The second kappa shape index (κ2) is 7.56. The molecule has 0 aromatic heterocycles. The Kier molecular flexibility index (Phi) is 4.73. The van der Waals surface area contributed by atoms with Crippen molar-refractivity contribution in [3.05, 3.63) is 76.5 Å². The van der Waals surface area contributed by atoms with E-state index in [0.29, 0.717) is 24.7 Å². The number of halogens is 2. The lowest BCUT2D eigenvalue weighted by Gasteiger charge is -2.56. The van der Waals surface area contributed by atoms with Crippen LogP contribution in [-0.2, 0) is 4.74 Å². The number of benzene rings is 2. The van der Waals surface area contributed by atoms with Gasteiger partial charge in [0.25, 0.3) is 0 Å². The minimum atomic E-state index is -2.83. The normalized spacial score (nSPS) is 44.8. The fourth-order valence-corrected chi connectivity index (χ4v) is 9.97. The van der Waals surface area contributed by atoms with Crippen molar-refractivity contribution in [2.75, 3.05) is 13.1 Å². The third-order valence-corrected chi connectivity index (χ3v) is 11.9. The van der Waals surface area contributed by atoms with Gasteiger partial charge in [0, 0.05) is 12.8 Å². The molecule has 5 heteroatoms. The quantitative estimate of drug-likeness (QED) is 0.301. The third kappa shape index (κ3) is 3.10. The van der Waals surface area contributed by atoms with Gasteiger partial charge in [-0.15, -0.1) is 0 Å². The van der Waals surface area contributed by atoms with E-state index in [1.807, 2.05) is 0 Å². The molecule has 38 heavy (non-hydrogen) atoms. The molecule has 4 fully saturated rings. The van der Waals surface area contributed by atoms with Crippen LogP contribution in [-0.4, -0.2) is 40.9 Å². The largest absolute Gasteiger partial charge is 0.632 e. The van der Waals surface area contributed by atoms with E-state index in [1.165, 1.54) is 27.5 Å². The van der Waals surface area contributed by atoms with Crippen molar-refractivity contribution in [1.82, 2.24) is 0 Å². The van der Waals surface area contributed by atoms with E-state index < -0.39 is 22.7 Å². The number of fused-ring (bicyclic) bond motifs is 2. The number of rotatable bonds is 2. The first kappa shape index (κ1) is 23.8. The van der Waals surface area contributed by atoms with Gasteiger partial charge in [0.05, 0.1) is 30.2 Å². The summed E-state index contributed by atoms with van der Waals surface area (Å²) in [7, 11) is 0. The SMILES string of the molecule is C[C@]12CC=C3C=C4CC[C@H]([N+]5([O-])CCC(F)(F)C5)C[C@]45CC[C@]3(O5)[C@@H]1CC[C@@H]2c1ccc2ccccc2c1. The van der Waals surface area contributed by atoms with Crippen molar-refractivity contribution in [2.24, 2.45) is 11.3 Å². The summed E-state index contributed by atoms with van der Waals surface area (Å²) in [5.74, 6) is -1.92. The Hall–Kier alpha value is -2.08. The molecule has 2 saturated carbocycles. The molecule has 2 spiro atoms. The number of allylic oxidation sites excluding steroid dienone is 1. The molecular formula is C33H37F2NO2. The fraction of sp³-hybridized carbons (Fsp3) is 0.576. The molecule has 3 aliphatic carbocycles. The molecule has 2 bridgehead atoms. The highest BCUT2D eigenvalue weighted by Crippen LogP contribution is 2.69. The van der Waals surface area contributed by atoms with Gasteiger partial charge < -0.3 is 14.6 Å². The zero-order valence-electron chi connectivity index (χ0n) is 22.2. The van der Waals surface area contributed by atoms with E-state index in [1.54, 1.807) is 0 Å². The summed E-state index contributed by atoms with van der Waals surface area (Å²) in [6.07, 6.45) is 12.0. The van der Waals surface area contributed by atoms with E-state index in [2.05, 4.69) is 61.5 Å². The number of quaternary nitrogens is 1. The number of hydrogen-bond donors (Lipinski definition) is 0. The summed E-state index contributed by atoms with van der Waals surface area (Å²) >= 11 is 0. The molecule has 2 saturated heterocycles. The summed E-state index contributed by atoms with van der Waals surface area (Å²) in [5, 5.41) is 16.2. The van der Waals surface area contributed by atoms with Crippen LogP contribution in [0.2, 0.25) is 0 Å². The van der Waals surface area contributed by atoms with Crippen LogP contribution in [0.5, 0.6) is 0 Å². The zero-order valence-corrected chi connectivity index (χ0v) is 22.2. The van der Waals surface area contributed by atoms with Crippen LogP contribution in [0.25, 0.3) is 10.8 Å². The molecule has 3 aliphatic heterocycles. The highest BCUT2D eigenvalue weighted by atomic mass is 19.3. The number of likely N-dealkylation sites (tertiary alicyclic amines) is 1. The highest BCUT2D eigenvalue weighted by Gasteiger charge is 2.67. The summed E-state index contributed by atoms with van der Waals surface area (Å²) in [6, 6.07) is 15.3. The molecular weight excluding hydrogens is 480 g/mol. The molecule has 0 N–H and O–H groups in total. The molecule has 3 heterocycles. The minimum Gasteiger partial charge on any atom is -0.632 e. The number of alkyl halides is 2. The lowest BCUT2D eigenvalue weighted by Crippen LogP contribution is -2.58. The molecule has 7 atom stereocenters. The molecule has 1 unspecified atom stereocenters. The third-order valence-electron chi connectivity index (χ3n) is 11.9. The van der Waals surface area contributed by atoms with Crippen LogP contribution in [0.15, 0.2) is 65.8 Å². The number of hydroxylamine groups is 3. The van der Waals surface area contributed by atoms with Crippen LogP contribution in [0, 0.1) is 16.5 Å². The standard InChI is InChI=1S/C33H37F2NO2/c1-30-13-12-26-19-25-8-9-27(36(37)17-16-32(34,35)21-36)20-31(25)14-15-33(26,38-31)29(30)11-10-28(30)24-7-6-22-4-2-3-5-23(22)18-24/h2-7,12,18-19,27-29H,8-11,13-17,20-21H2,1H3/t27-,28+,29+,30+,31+,33+,36?/m0/s1. The van der Waals surface area contributed by atoms with Crippen molar-refractivity contribution in [1.29, 1.82) is 0 Å². The van der Waals surface area contributed by atoms with Gasteiger partial charge in [0.2, 0.25) is 0 Å². The summed E-state index contributed by atoms with van der Waals surface area (Å²) < 4.78 is 34.8. The van der Waals surface area contributed by atoms with Crippen molar-refractivity contribution in [2.45, 2.75) is 93.8 Å². The number of hydrogen-bond acceptors (Lipinski definition) is 2. The Balaban J connectivity index is 1.13. The maximum absolute atomic E-state index is 14.1. The molecule has 2 aromatic carbocycles. The Morgan fingerprint density at radius 1 is 1.00 bits per heavy atom. The number of nitrogens with zero attached hydrogens (tertiary/aromatic N) is 1. The molecule has 8 rings (SSSR count). The predicted octanol–water partition coefficient (Wildman–Crippen LogP) is 7.80. The first-order chi connectivity index (χ1) is 18.1. The molecule has 200 valence electrons. The first-order valence-corrected chi connectivity index (χ1v) is 14.7. The zero-order chi connectivity index (χ0) is 26.0. The van der Waals surface area contributed by atoms with E-state index in [-0.39, 0.29) is 30.0 Å². The van der Waals surface area contributed by atoms with Gasteiger partial charge in [0.1, 0.15) is 6.54 Å². The van der Waals surface area contributed by atoms with Gasteiger partial charge in [0.15, 0.2) is 0 Å². The molecule has 0 amide bonds. The van der Waals surface area contributed by atoms with Crippen molar-refractivity contribution in [3.63, 3.8) is 0 Å². The second-order valence-electron chi connectivity index (χ2n) is 13.7. The van der Waals surface area contributed by atoms with Crippen LogP contribution < -0.4 is 0 Å². The summed E-state index contributed by atoms with van der Waals surface area (Å²) in [5.41, 5.74) is 3.49. The predicted molar refractivity (Wildman–Crippen MR) is 145 cm³/mol. The lowest BCUT2D eigenvalue weighted by atomic mass is 9.58. The highest BCUT2D eigenvalue weighted by molar-refractivity contribution is 5.83. The Bertz CT molecular complexity index is 1400. The average molecular weight is 518 g/mol. The van der Waals surface area contributed by atoms with E-state index >= 15 is 0 Å². The Labute approximate surface area is 223 Å². The van der Waals surface area contributed by atoms with Crippen LogP contribution in [0.3, 0.4) is 0 Å². The van der Waals surface area contributed by atoms with Gasteiger partial charge in [-0.2, -0.15) is 0 Å². The van der Waals surface area contributed by atoms with Gasteiger partial charge >= 0.3 is 5.92 Å². The fourth-order valence-electron chi connectivity index (χ4n) is 9.97. The van der Waals surface area contributed by atoms with Crippen molar-refractivity contribution < 1.29 is 18.2 Å². The van der Waals surface area contributed by atoms with Gasteiger partial charge in [-0.1, -0.05) is 61.5 Å². The van der Waals surface area contributed by atoms with Gasteiger partial charge in [-0.25, -0.2) is 8.78 Å². The molecule has 0 radical (unpaired) electrons. The Morgan fingerprint density at radius 2 is 1.84 bits per heavy atom.